The molecule has 0 saturated carbocycles. The molecule has 1 aliphatic heterocycles. The Bertz CT molecular complexity index is 1650. The number of fused-ring (bicyclic) bond motifs is 1. The Labute approximate surface area is 237 Å². The molecule has 6 rings (SSSR count). The SMILES string of the molecule is O=C(c1ccc(CN(Cc2ccccc2)Cc2ccc(Cl)cc2)o1)N1CCC(n2c(=O)[nH]c3ccccc32)CC1. The molecular weight excluding hydrogens is 524 g/mol. The second kappa shape index (κ2) is 11.6. The standard InChI is InChI=1S/C32H31ClN4O3/c33-25-12-10-24(11-13-25)21-35(20-23-6-2-1-3-7-23)22-27-14-15-30(40-27)31(38)36-18-16-26(17-19-36)37-29-9-5-4-8-28(29)34-32(37)39/h1-15,26H,16-22H2,(H,34,39). The van der Waals surface area contributed by atoms with Gasteiger partial charge in [0.2, 0.25) is 0 Å². The fraction of sp³-hybridized carbons (Fsp3) is 0.250. The number of hydrogen-bond acceptors (Lipinski definition) is 4. The Kier molecular flexibility index (Phi) is 7.58. The largest absolute Gasteiger partial charge is 0.455 e. The first-order chi connectivity index (χ1) is 19.5. The predicted octanol–water partition coefficient (Wildman–Crippen LogP) is 6.26. The van der Waals surface area contributed by atoms with E-state index in [1.54, 1.807) is 6.07 Å². The van der Waals surface area contributed by atoms with Crippen molar-refractivity contribution >= 4 is 28.5 Å². The van der Waals surface area contributed by atoms with Gasteiger partial charge in [-0.1, -0.05) is 66.2 Å². The number of carbonyl (C=O) groups is 1. The van der Waals surface area contributed by atoms with Crippen LogP contribution in [0.1, 0.15) is 46.3 Å². The zero-order valence-corrected chi connectivity index (χ0v) is 22.9. The van der Waals surface area contributed by atoms with Gasteiger partial charge in [-0.15, -0.1) is 0 Å². The van der Waals surface area contributed by atoms with Crippen LogP contribution in [0.2, 0.25) is 5.02 Å². The molecule has 8 heteroatoms. The molecule has 1 saturated heterocycles. The molecule has 0 aliphatic carbocycles. The van der Waals surface area contributed by atoms with Gasteiger partial charge in [0.05, 0.1) is 17.6 Å². The van der Waals surface area contributed by atoms with Crippen molar-refractivity contribution < 1.29 is 9.21 Å². The predicted molar refractivity (Wildman–Crippen MR) is 156 cm³/mol. The molecule has 3 aromatic carbocycles. The molecule has 0 bridgehead atoms. The van der Waals surface area contributed by atoms with Crippen molar-refractivity contribution in [3.63, 3.8) is 0 Å². The quantitative estimate of drug-likeness (QED) is 0.246. The van der Waals surface area contributed by atoms with Crippen molar-refractivity contribution in [3.8, 4) is 0 Å². The average Bonchev–Trinajstić information content (AvgIpc) is 3.58. The summed E-state index contributed by atoms with van der Waals surface area (Å²) in [6.45, 7) is 3.17. The van der Waals surface area contributed by atoms with E-state index in [1.807, 2.05) is 82.3 Å². The number of rotatable bonds is 8. The van der Waals surface area contributed by atoms with E-state index >= 15 is 0 Å². The molecule has 204 valence electrons. The van der Waals surface area contributed by atoms with Crippen LogP contribution in [0.15, 0.2) is 100 Å². The van der Waals surface area contributed by atoms with Crippen molar-refractivity contribution in [2.24, 2.45) is 0 Å². The normalized spacial score (nSPS) is 14.3. The highest BCUT2D eigenvalue weighted by Crippen LogP contribution is 2.26. The number of nitrogens with one attached hydrogen (secondary N) is 1. The minimum Gasteiger partial charge on any atom is -0.455 e. The van der Waals surface area contributed by atoms with Crippen molar-refractivity contribution in [3.05, 3.63) is 129 Å². The Morgan fingerprint density at radius 2 is 1.52 bits per heavy atom. The number of nitrogens with zero attached hydrogens (tertiary/aromatic N) is 3. The minimum absolute atomic E-state index is 0.0549. The average molecular weight is 555 g/mol. The highest BCUT2D eigenvalue weighted by molar-refractivity contribution is 6.30. The molecule has 1 fully saturated rings. The fourth-order valence-electron chi connectivity index (χ4n) is 5.58. The lowest BCUT2D eigenvalue weighted by atomic mass is 10.0. The van der Waals surface area contributed by atoms with Crippen LogP contribution in [0.25, 0.3) is 11.0 Å². The van der Waals surface area contributed by atoms with Gasteiger partial charge in [0.25, 0.3) is 5.91 Å². The zero-order chi connectivity index (χ0) is 27.5. The molecule has 0 spiro atoms. The molecule has 3 heterocycles. The van der Waals surface area contributed by atoms with Crippen LogP contribution in [0, 0.1) is 0 Å². The van der Waals surface area contributed by atoms with Crippen LogP contribution in [0.3, 0.4) is 0 Å². The molecule has 1 N–H and O–H groups in total. The lowest BCUT2D eigenvalue weighted by Crippen LogP contribution is -2.40. The number of imidazole rings is 1. The molecule has 0 radical (unpaired) electrons. The van der Waals surface area contributed by atoms with Gasteiger partial charge in [-0.3, -0.25) is 14.3 Å². The summed E-state index contributed by atoms with van der Waals surface area (Å²) in [6.07, 6.45) is 1.43. The summed E-state index contributed by atoms with van der Waals surface area (Å²) in [6, 6.07) is 29.6. The second-order valence-corrected chi connectivity index (χ2v) is 10.8. The van der Waals surface area contributed by atoms with Gasteiger partial charge < -0.3 is 14.3 Å². The van der Waals surface area contributed by atoms with Gasteiger partial charge >= 0.3 is 5.69 Å². The number of hydrogen-bond donors (Lipinski definition) is 1. The first-order valence-corrected chi connectivity index (χ1v) is 14.0. The van der Waals surface area contributed by atoms with Crippen LogP contribution < -0.4 is 5.69 Å². The summed E-state index contributed by atoms with van der Waals surface area (Å²) in [7, 11) is 0. The summed E-state index contributed by atoms with van der Waals surface area (Å²) in [5, 5.41) is 0.713. The summed E-state index contributed by atoms with van der Waals surface area (Å²) in [5.41, 5.74) is 4.01. The fourth-order valence-corrected chi connectivity index (χ4v) is 5.70. The Hall–Kier alpha value is -4.07. The maximum atomic E-state index is 13.3. The van der Waals surface area contributed by atoms with E-state index in [0.717, 1.165) is 35.4 Å². The van der Waals surface area contributed by atoms with Crippen molar-refractivity contribution in [1.29, 1.82) is 0 Å². The van der Waals surface area contributed by atoms with E-state index in [-0.39, 0.29) is 17.6 Å². The number of benzene rings is 3. The summed E-state index contributed by atoms with van der Waals surface area (Å²) in [4.78, 5) is 33.0. The van der Waals surface area contributed by atoms with Gasteiger partial charge in [0, 0.05) is 37.2 Å². The number of halogens is 1. The monoisotopic (exact) mass is 554 g/mol. The number of piperidine rings is 1. The van der Waals surface area contributed by atoms with Gasteiger partial charge in [-0.2, -0.15) is 0 Å². The van der Waals surface area contributed by atoms with Crippen LogP contribution in [-0.4, -0.2) is 38.3 Å². The van der Waals surface area contributed by atoms with E-state index < -0.39 is 0 Å². The third-order valence-electron chi connectivity index (χ3n) is 7.56. The lowest BCUT2D eigenvalue weighted by Gasteiger charge is -2.32. The van der Waals surface area contributed by atoms with Crippen LogP contribution in [0.4, 0.5) is 0 Å². The smallest absolute Gasteiger partial charge is 0.326 e. The third-order valence-corrected chi connectivity index (χ3v) is 7.81. The number of likely N-dealkylation sites (tertiary alicyclic amines) is 1. The molecule has 1 amide bonds. The van der Waals surface area contributed by atoms with E-state index in [9.17, 15) is 9.59 Å². The van der Waals surface area contributed by atoms with Gasteiger partial charge in [0.15, 0.2) is 5.76 Å². The number of H-pyrrole nitrogens is 1. The number of furan rings is 1. The van der Waals surface area contributed by atoms with Crippen molar-refractivity contribution in [2.45, 2.75) is 38.5 Å². The topological polar surface area (TPSA) is 74.5 Å². The molecule has 0 unspecified atom stereocenters. The number of carbonyl (C=O) groups excluding carboxylic acids is 1. The molecule has 7 nitrogen and oxygen atoms in total. The summed E-state index contributed by atoms with van der Waals surface area (Å²) < 4.78 is 7.92. The maximum absolute atomic E-state index is 13.3. The highest BCUT2D eigenvalue weighted by Gasteiger charge is 2.28. The third kappa shape index (κ3) is 5.76. The molecule has 40 heavy (non-hydrogen) atoms. The lowest BCUT2D eigenvalue weighted by molar-refractivity contribution is 0.0658. The van der Waals surface area contributed by atoms with E-state index in [2.05, 4.69) is 22.0 Å². The molecule has 2 aromatic heterocycles. The van der Waals surface area contributed by atoms with E-state index in [1.165, 1.54) is 5.56 Å². The van der Waals surface area contributed by atoms with Crippen LogP contribution in [0.5, 0.6) is 0 Å². The zero-order valence-electron chi connectivity index (χ0n) is 22.1. The Balaban J connectivity index is 1.12. The van der Waals surface area contributed by atoms with Crippen molar-refractivity contribution in [1.82, 2.24) is 19.4 Å². The van der Waals surface area contributed by atoms with Gasteiger partial charge in [-0.05, 0) is 60.4 Å². The van der Waals surface area contributed by atoms with Gasteiger partial charge in [-0.25, -0.2) is 4.79 Å². The van der Waals surface area contributed by atoms with Crippen LogP contribution in [-0.2, 0) is 19.6 Å². The maximum Gasteiger partial charge on any atom is 0.326 e. The first kappa shape index (κ1) is 26.2. The molecule has 5 aromatic rings. The molecule has 1 aliphatic rings. The number of para-hydroxylation sites is 2. The number of amides is 1. The first-order valence-electron chi connectivity index (χ1n) is 13.6. The van der Waals surface area contributed by atoms with Crippen LogP contribution >= 0.6 is 11.6 Å². The van der Waals surface area contributed by atoms with E-state index in [4.69, 9.17) is 16.0 Å². The number of aromatic amines is 1. The Morgan fingerprint density at radius 3 is 2.27 bits per heavy atom. The van der Waals surface area contributed by atoms with Gasteiger partial charge in [0.1, 0.15) is 5.76 Å². The summed E-state index contributed by atoms with van der Waals surface area (Å²) >= 11 is 6.09. The minimum atomic E-state index is -0.108. The number of aromatic nitrogens is 2. The molecular formula is C32H31ClN4O3. The van der Waals surface area contributed by atoms with Crippen molar-refractivity contribution in [2.75, 3.05) is 13.1 Å². The second-order valence-electron chi connectivity index (χ2n) is 10.4. The summed E-state index contributed by atoms with van der Waals surface area (Å²) in [5.74, 6) is 0.987. The molecule has 0 atom stereocenters. The van der Waals surface area contributed by atoms with E-state index in [0.29, 0.717) is 43.3 Å². The highest BCUT2D eigenvalue weighted by atomic mass is 35.5. The Morgan fingerprint density at radius 1 is 0.850 bits per heavy atom.